The molecule has 14 heteroatoms. The van der Waals surface area contributed by atoms with Crippen molar-refractivity contribution < 1.29 is 14.3 Å². The number of ether oxygens (including phenoxy) is 1. The maximum absolute atomic E-state index is 13.5. The zero-order valence-corrected chi connectivity index (χ0v) is 21.8. The fourth-order valence-corrected chi connectivity index (χ4v) is 5.07. The molecule has 2 aliphatic rings. The fraction of sp³-hybridized carbons (Fsp3) is 0.320. The molecule has 2 atom stereocenters. The Balaban J connectivity index is 1.38. The summed E-state index contributed by atoms with van der Waals surface area (Å²) in [4.78, 5) is 30.9. The fourth-order valence-electron chi connectivity index (χ4n) is 4.89. The molecule has 0 spiro atoms. The van der Waals surface area contributed by atoms with Gasteiger partial charge >= 0.3 is 0 Å². The van der Waals surface area contributed by atoms with Gasteiger partial charge in [-0.3, -0.25) is 20.3 Å². The van der Waals surface area contributed by atoms with Crippen molar-refractivity contribution in [3.63, 3.8) is 0 Å². The number of aromatic nitrogens is 4. The number of morpholine rings is 1. The zero-order chi connectivity index (χ0) is 27.4. The molecule has 0 aliphatic carbocycles. The smallest absolute Gasteiger partial charge is 0.247 e. The second kappa shape index (κ2) is 11.8. The summed E-state index contributed by atoms with van der Waals surface area (Å²) in [7, 11) is 0. The largest absolute Gasteiger partial charge is 0.397 e. The molecular weight excluding hydrogens is 524 g/mol. The van der Waals surface area contributed by atoms with E-state index >= 15 is 0 Å². The third-order valence-electron chi connectivity index (χ3n) is 6.89. The minimum Gasteiger partial charge on any atom is -0.397 e. The summed E-state index contributed by atoms with van der Waals surface area (Å²) in [6, 6.07) is 9.53. The summed E-state index contributed by atoms with van der Waals surface area (Å²) < 4.78 is 6.98. The lowest BCUT2D eigenvalue weighted by Gasteiger charge is -2.31. The molecule has 6 N–H and O–H groups in total. The molecular formula is C25H29ClN10O3. The van der Waals surface area contributed by atoms with Gasteiger partial charge in [0, 0.05) is 48.0 Å². The van der Waals surface area contributed by atoms with Gasteiger partial charge in [-0.25, -0.2) is 0 Å². The number of halogens is 1. The number of carbonyl (C=O) groups is 2. The van der Waals surface area contributed by atoms with Crippen LogP contribution in [0.3, 0.4) is 0 Å². The summed E-state index contributed by atoms with van der Waals surface area (Å²) in [5.41, 5.74) is 11.2. The molecule has 0 bridgehead atoms. The van der Waals surface area contributed by atoms with E-state index in [9.17, 15) is 9.59 Å². The Morgan fingerprint density at radius 1 is 1.15 bits per heavy atom. The lowest BCUT2D eigenvalue weighted by Crippen LogP contribution is -2.45. The van der Waals surface area contributed by atoms with E-state index in [-0.39, 0.29) is 17.9 Å². The summed E-state index contributed by atoms with van der Waals surface area (Å²) in [6.07, 6.45) is 5.05. The van der Waals surface area contributed by atoms with Crippen molar-refractivity contribution >= 4 is 46.6 Å². The predicted molar refractivity (Wildman–Crippen MR) is 147 cm³/mol. The number of carbonyl (C=O) groups excluding carboxylic acids is 2. The molecule has 39 heavy (non-hydrogen) atoms. The number of benzene rings is 2. The van der Waals surface area contributed by atoms with Crippen LogP contribution < -0.4 is 22.3 Å². The SMILES string of the molecule is NNc1cc(NC(=O)C2CC(N3CCOCC3)CN2C(=O)C=Cc2cc(Cl)ccc2-n2cnnn2)ccc1N. The molecule has 2 aromatic carbocycles. The van der Waals surface area contributed by atoms with Crippen LogP contribution in [-0.4, -0.2) is 86.8 Å². The minimum atomic E-state index is -0.680. The molecule has 3 aromatic rings. The van der Waals surface area contributed by atoms with Gasteiger partial charge in [0.15, 0.2) is 0 Å². The molecule has 2 amide bonds. The van der Waals surface area contributed by atoms with Gasteiger partial charge in [-0.2, -0.15) is 4.68 Å². The average Bonchev–Trinajstić information content (AvgIpc) is 3.64. The summed E-state index contributed by atoms with van der Waals surface area (Å²) in [5.74, 6) is 4.94. The van der Waals surface area contributed by atoms with Gasteiger partial charge in [0.25, 0.3) is 0 Å². The minimum absolute atomic E-state index is 0.0256. The topological polar surface area (TPSA) is 170 Å². The number of amides is 2. The zero-order valence-electron chi connectivity index (χ0n) is 21.0. The van der Waals surface area contributed by atoms with Crippen molar-refractivity contribution in [1.82, 2.24) is 30.0 Å². The Labute approximate surface area is 229 Å². The van der Waals surface area contributed by atoms with Gasteiger partial charge in [0.2, 0.25) is 11.8 Å². The highest BCUT2D eigenvalue weighted by atomic mass is 35.5. The van der Waals surface area contributed by atoms with Crippen molar-refractivity contribution in [3.05, 3.63) is 59.4 Å². The van der Waals surface area contributed by atoms with Crippen molar-refractivity contribution in [2.75, 3.05) is 49.3 Å². The second-order valence-corrected chi connectivity index (χ2v) is 9.71. The Morgan fingerprint density at radius 3 is 2.72 bits per heavy atom. The monoisotopic (exact) mass is 552 g/mol. The van der Waals surface area contributed by atoms with Gasteiger partial charge in [-0.05, 0) is 59.3 Å². The van der Waals surface area contributed by atoms with Gasteiger partial charge < -0.3 is 26.1 Å². The lowest BCUT2D eigenvalue weighted by atomic mass is 10.1. The number of tetrazole rings is 1. The lowest BCUT2D eigenvalue weighted by molar-refractivity contribution is -0.132. The highest BCUT2D eigenvalue weighted by Crippen LogP contribution is 2.27. The number of hydrogen-bond acceptors (Lipinski definition) is 10. The molecule has 2 aliphatic heterocycles. The summed E-state index contributed by atoms with van der Waals surface area (Å²) in [5, 5.41) is 14.7. The van der Waals surface area contributed by atoms with E-state index in [2.05, 4.69) is 31.2 Å². The van der Waals surface area contributed by atoms with E-state index < -0.39 is 6.04 Å². The molecule has 0 radical (unpaired) electrons. The van der Waals surface area contributed by atoms with Crippen LogP contribution in [0.1, 0.15) is 12.0 Å². The van der Waals surface area contributed by atoms with Crippen molar-refractivity contribution in [2.45, 2.75) is 18.5 Å². The quantitative estimate of drug-likeness (QED) is 0.144. The van der Waals surface area contributed by atoms with Crippen LogP contribution in [-0.2, 0) is 14.3 Å². The van der Waals surface area contributed by atoms with Crippen LogP contribution in [0.5, 0.6) is 0 Å². The number of anilines is 3. The number of rotatable bonds is 7. The number of nitrogens with one attached hydrogen (secondary N) is 2. The molecule has 204 valence electrons. The first kappa shape index (κ1) is 26.6. The van der Waals surface area contributed by atoms with Crippen LogP contribution >= 0.6 is 11.6 Å². The molecule has 2 saturated heterocycles. The van der Waals surface area contributed by atoms with Gasteiger partial charge in [-0.1, -0.05) is 11.6 Å². The van der Waals surface area contributed by atoms with E-state index in [1.807, 2.05) is 0 Å². The summed E-state index contributed by atoms with van der Waals surface area (Å²) in [6.45, 7) is 3.15. The van der Waals surface area contributed by atoms with Crippen molar-refractivity contribution in [2.24, 2.45) is 5.84 Å². The molecule has 1 aromatic heterocycles. The van der Waals surface area contributed by atoms with E-state index in [1.54, 1.807) is 47.4 Å². The highest BCUT2D eigenvalue weighted by molar-refractivity contribution is 6.30. The van der Waals surface area contributed by atoms with Crippen LogP contribution in [0.15, 0.2) is 48.8 Å². The first-order chi connectivity index (χ1) is 18.9. The number of nitrogen functional groups attached to an aromatic ring is 2. The Hall–Kier alpha value is -4.04. The number of nitrogens with zero attached hydrogens (tertiary/aromatic N) is 6. The van der Waals surface area contributed by atoms with Gasteiger partial charge in [-0.15, -0.1) is 5.10 Å². The molecule has 5 rings (SSSR count). The van der Waals surface area contributed by atoms with Crippen molar-refractivity contribution in [3.8, 4) is 5.69 Å². The highest BCUT2D eigenvalue weighted by Gasteiger charge is 2.41. The van der Waals surface area contributed by atoms with E-state index in [0.29, 0.717) is 59.5 Å². The molecule has 2 fully saturated rings. The predicted octanol–water partition coefficient (Wildman–Crippen LogP) is 1.14. The Bertz CT molecular complexity index is 1360. The Morgan fingerprint density at radius 2 is 1.97 bits per heavy atom. The van der Waals surface area contributed by atoms with Crippen LogP contribution in [0.4, 0.5) is 17.1 Å². The number of nitrogens with two attached hydrogens (primary N) is 2. The molecule has 3 heterocycles. The number of likely N-dealkylation sites (tertiary alicyclic amines) is 1. The third-order valence-corrected chi connectivity index (χ3v) is 7.13. The third kappa shape index (κ3) is 6.01. The second-order valence-electron chi connectivity index (χ2n) is 9.27. The maximum atomic E-state index is 13.5. The number of hydrogen-bond donors (Lipinski definition) is 4. The number of hydrazine groups is 1. The van der Waals surface area contributed by atoms with Crippen LogP contribution in [0.2, 0.25) is 5.02 Å². The van der Waals surface area contributed by atoms with E-state index in [1.165, 1.54) is 17.1 Å². The average molecular weight is 553 g/mol. The first-order valence-electron chi connectivity index (χ1n) is 12.4. The van der Waals surface area contributed by atoms with Gasteiger partial charge in [0.1, 0.15) is 12.4 Å². The Kier molecular flexibility index (Phi) is 8.02. The maximum Gasteiger partial charge on any atom is 0.247 e. The van der Waals surface area contributed by atoms with E-state index in [4.69, 9.17) is 27.9 Å². The molecule has 2 unspecified atom stereocenters. The van der Waals surface area contributed by atoms with Crippen molar-refractivity contribution in [1.29, 1.82) is 0 Å². The standard InChI is InChI=1S/C25H29ClN10O3/c26-17-2-5-22(36-15-29-32-33-36)16(11-17)1-6-24(37)35-14-19(34-7-9-39-10-8-34)13-23(35)25(38)30-18-3-4-20(27)21(12-18)31-28/h1-6,11-12,15,19,23,31H,7-10,13-14,27-28H2,(H,30,38). The van der Waals surface area contributed by atoms with Gasteiger partial charge in [0.05, 0.1) is 30.3 Å². The molecule has 13 nitrogen and oxygen atoms in total. The first-order valence-corrected chi connectivity index (χ1v) is 12.8. The summed E-state index contributed by atoms with van der Waals surface area (Å²) >= 11 is 6.22. The van der Waals surface area contributed by atoms with E-state index in [0.717, 1.165) is 13.1 Å². The van der Waals surface area contributed by atoms with Crippen LogP contribution in [0, 0.1) is 0 Å². The van der Waals surface area contributed by atoms with Crippen LogP contribution in [0.25, 0.3) is 11.8 Å². The molecule has 0 saturated carbocycles. The normalized spacial score (nSPS) is 19.9.